The summed E-state index contributed by atoms with van der Waals surface area (Å²) in [7, 11) is 0. The quantitative estimate of drug-likeness (QED) is 0.848. The van der Waals surface area contributed by atoms with Crippen LogP contribution in [0.2, 0.25) is 5.02 Å². The van der Waals surface area contributed by atoms with Gasteiger partial charge in [-0.2, -0.15) is 0 Å². The van der Waals surface area contributed by atoms with Crippen LogP contribution in [0.4, 0.5) is 4.39 Å². The Kier molecular flexibility index (Phi) is 8.19. The van der Waals surface area contributed by atoms with Crippen molar-refractivity contribution in [2.75, 3.05) is 0 Å². The fourth-order valence-corrected chi connectivity index (χ4v) is 1.86. The Balaban J connectivity index is 0.00000121. The molecule has 0 bridgehead atoms. The van der Waals surface area contributed by atoms with Crippen LogP contribution < -0.4 is 5.73 Å². The Bertz CT molecular complexity index is 314. The average Bonchev–Trinajstić information content (AvgIpc) is 2.28. The highest BCUT2D eigenvalue weighted by atomic mass is 35.5. The first-order valence-corrected chi connectivity index (χ1v) is 6.58. The molecular formula is C14H23ClFN. The van der Waals surface area contributed by atoms with Gasteiger partial charge in [-0.15, -0.1) is 0 Å². The highest BCUT2D eigenvalue weighted by Gasteiger charge is 2.05. The van der Waals surface area contributed by atoms with Crippen molar-refractivity contribution >= 4 is 11.6 Å². The lowest BCUT2D eigenvalue weighted by Gasteiger charge is -2.07. The van der Waals surface area contributed by atoms with Crippen molar-refractivity contribution in [2.45, 2.75) is 53.0 Å². The van der Waals surface area contributed by atoms with Gasteiger partial charge in [0.05, 0.1) is 5.02 Å². The fraction of sp³-hybridized carbons (Fsp3) is 0.571. The van der Waals surface area contributed by atoms with Gasteiger partial charge in [0.2, 0.25) is 0 Å². The third-order valence-corrected chi connectivity index (χ3v) is 2.67. The Hall–Kier alpha value is -0.600. The van der Waals surface area contributed by atoms with Crippen molar-refractivity contribution in [3.05, 3.63) is 34.1 Å². The van der Waals surface area contributed by atoms with Gasteiger partial charge in [-0.05, 0) is 50.3 Å². The molecule has 2 N–H and O–H groups in total. The summed E-state index contributed by atoms with van der Waals surface area (Å²) in [5, 5.41) is 0.214. The third kappa shape index (κ3) is 6.04. The first-order valence-electron chi connectivity index (χ1n) is 6.21. The number of nitrogens with two attached hydrogens (primary N) is 1. The van der Waals surface area contributed by atoms with E-state index in [4.69, 9.17) is 17.3 Å². The Labute approximate surface area is 109 Å². The smallest absolute Gasteiger partial charge is 0.144 e. The number of aryl methyl sites for hydroxylation is 2. The van der Waals surface area contributed by atoms with Gasteiger partial charge < -0.3 is 5.73 Å². The maximum absolute atomic E-state index is 13.2. The molecule has 1 aromatic rings. The average molecular weight is 260 g/mol. The van der Waals surface area contributed by atoms with E-state index in [0.717, 1.165) is 24.8 Å². The standard InChI is InChI=1S/C12H17ClFN.C2H6/c1-8-6-10(5-3-4-9(2)15)7-11(13)12(8)14;1-2/h6-7,9H,3-5,15H2,1-2H3;1-2H3/t9-;/m0./s1. The molecule has 0 unspecified atom stereocenters. The summed E-state index contributed by atoms with van der Waals surface area (Å²) in [6.07, 6.45) is 2.90. The van der Waals surface area contributed by atoms with Gasteiger partial charge in [-0.25, -0.2) is 4.39 Å². The van der Waals surface area contributed by atoms with E-state index >= 15 is 0 Å². The van der Waals surface area contributed by atoms with Crippen LogP contribution in [0.5, 0.6) is 0 Å². The predicted octanol–water partition coefficient (Wildman–Crippen LogP) is 4.48. The Morgan fingerprint density at radius 1 is 1.35 bits per heavy atom. The summed E-state index contributed by atoms with van der Waals surface area (Å²) in [5.41, 5.74) is 7.35. The molecule has 0 aliphatic carbocycles. The SMILES string of the molecule is CC.Cc1cc(CCC[C@H](C)N)cc(Cl)c1F. The number of hydrogen-bond acceptors (Lipinski definition) is 1. The van der Waals surface area contributed by atoms with Gasteiger partial charge in [0.25, 0.3) is 0 Å². The minimum Gasteiger partial charge on any atom is -0.328 e. The van der Waals surface area contributed by atoms with Crippen molar-refractivity contribution in [2.24, 2.45) is 5.73 Å². The summed E-state index contributed by atoms with van der Waals surface area (Å²) in [6, 6.07) is 3.77. The summed E-state index contributed by atoms with van der Waals surface area (Å²) in [4.78, 5) is 0. The lowest BCUT2D eigenvalue weighted by atomic mass is 10.0. The van der Waals surface area contributed by atoms with E-state index < -0.39 is 0 Å². The molecule has 98 valence electrons. The summed E-state index contributed by atoms with van der Waals surface area (Å²) in [6.45, 7) is 7.72. The van der Waals surface area contributed by atoms with Gasteiger partial charge in [0.15, 0.2) is 0 Å². The monoisotopic (exact) mass is 259 g/mol. The molecule has 0 heterocycles. The van der Waals surface area contributed by atoms with E-state index in [0.29, 0.717) is 5.56 Å². The van der Waals surface area contributed by atoms with Crippen molar-refractivity contribution in [1.29, 1.82) is 0 Å². The molecule has 17 heavy (non-hydrogen) atoms. The van der Waals surface area contributed by atoms with Crippen molar-refractivity contribution < 1.29 is 4.39 Å². The minimum atomic E-state index is -0.312. The largest absolute Gasteiger partial charge is 0.328 e. The second-order valence-corrected chi connectivity index (χ2v) is 4.49. The van der Waals surface area contributed by atoms with Gasteiger partial charge in [-0.1, -0.05) is 31.5 Å². The molecule has 0 amide bonds. The Morgan fingerprint density at radius 3 is 2.41 bits per heavy atom. The lowest BCUT2D eigenvalue weighted by Crippen LogP contribution is -2.14. The lowest BCUT2D eigenvalue weighted by molar-refractivity contribution is 0.611. The molecule has 1 nitrogen and oxygen atoms in total. The van der Waals surface area contributed by atoms with Crippen molar-refractivity contribution in [3.8, 4) is 0 Å². The second kappa shape index (κ2) is 8.48. The van der Waals surface area contributed by atoms with Crippen LogP contribution in [0.25, 0.3) is 0 Å². The topological polar surface area (TPSA) is 26.0 Å². The van der Waals surface area contributed by atoms with E-state index in [9.17, 15) is 4.39 Å². The maximum Gasteiger partial charge on any atom is 0.144 e. The molecule has 3 heteroatoms. The van der Waals surface area contributed by atoms with E-state index in [1.54, 1.807) is 13.0 Å². The van der Waals surface area contributed by atoms with Crippen LogP contribution in [0.3, 0.4) is 0 Å². The number of halogens is 2. The van der Waals surface area contributed by atoms with E-state index in [1.165, 1.54) is 0 Å². The van der Waals surface area contributed by atoms with Crippen LogP contribution in [0.1, 0.15) is 44.7 Å². The molecule has 0 aliphatic heterocycles. The highest BCUT2D eigenvalue weighted by Crippen LogP contribution is 2.21. The molecule has 0 spiro atoms. The van der Waals surface area contributed by atoms with Gasteiger partial charge in [-0.3, -0.25) is 0 Å². The van der Waals surface area contributed by atoms with Gasteiger partial charge in [0.1, 0.15) is 5.82 Å². The summed E-state index contributed by atoms with van der Waals surface area (Å²) >= 11 is 5.76. The molecule has 1 rings (SSSR count). The molecule has 0 fully saturated rings. The zero-order chi connectivity index (χ0) is 13.4. The Morgan fingerprint density at radius 2 is 1.94 bits per heavy atom. The third-order valence-electron chi connectivity index (χ3n) is 2.39. The van der Waals surface area contributed by atoms with Crippen molar-refractivity contribution in [3.63, 3.8) is 0 Å². The van der Waals surface area contributed by atoms with Gasteiger partial charge in [0, 0.05) is 6.04 Å². The first-order chi connectivity index (χ1) is 8.00. The molecule has 0 aliphatic rings. The van der Waals surface area contributed by atoms with E-state index in [1.807, 2.05) is 26.8 Å². The van der Waals surface area contributed by atoms with Crippen molar-refractivity contribution in [1.82, 2.24) is 0 Å². The van der Waals surface area contributed by atoms with Gasteiger partial charge >= 0.3 is 0 Å². The highest BCUT2D eigenvalue weighted by molar-refractivity contribution is 6.30. The molecular weight excluding hydrogens is 237 g/mol. The normalized spacial score (nSPS) is 11.7. The minimum absolute atomic E-state index is 0.214. The summed E-state index contributed by atoms with van der Waals surface area (Å²) < 4.78 is 13.2. The van der Waals surface area contributed by atoms with Crippen LogP contribution >= 0.6 is 11.6 Å². The molecule has 1 atom stereocenters. The van der Waals surface area contributed by atoms with Crippen LogP contribution in [-0.4, -0.2) is 6.04 Å². The molecule has 1 aromatic carbocycles. The predicted molar refractivity (Wildman–Crippen MR) is 74.1 cm³/mol. The van der Waals surface area contributed by atoms with Crippen LogP contribution in [0, 0.1) is 12.7 Å². The number of hydrogen-bond donors (Lipinski definition) is 1. The fourth-order valence-electron chi connectivity index (χ4n) is 1.57. The van der Waals surface area contributed by atoms with Crippen LogP contribution in [-0.2, 0) is 6.42 Å². The molecule has 0 radical (unpaired) electrons. The maximum atomic E-state index is 13.2. The summed E-state index contributed by atoms with van der Waals surface area (Å²) in [5.74, 6) is -0.312. The molecule has 0 saturated carbocycles. The second-order valence-electron chi connectivity index (χ2n) is 4.08. The number of rotatable bonds is 4. The van der Waals surface area contributed by atoms with Crippen LogP contribution in [0.15, 0.2) is 12.1 Å². The zero-order valence-electron chi connectivity index (χ0n) is 11.2. The first kappa shape index (κ1) is 16.4. The van der Waals surface area contributed by atoms with E-state index in [2.05, 4.69) is 0 Å². The zero-order valence-corrected chi connectivity index (χ0v) is 11.9. The molecule has 0 aromatic heterocycles. The molecule has 0 saturated heterocycles. The number of benzene rings is 1. The van der Waals surface area contributed by atoms with E-state index in [-0.39, 0.29) is 16.9 Å².